The van der Waals surface area contributed by atoms with Crippen LogP contribution in [-0.2, 0) is 11.2 Å². The topological polar surface area (TPSA) is 46.5 Å². The predicted octanol–water partition coefficient (Wildman–Crippen LogP) is 2.35. The maximum absolute atomic E-state index is 10.6. The van der Waals surface area contributed by atoms with Gasteiger partial charge in [-0.1, -0.05) is 25.1 Å². The summed E-state index contributed by atoms with van der Waals surface area (Å²) >= 11 is 0. The normalized spacial score (nSPS) is 12.1. The average Bonchev–Trinajstić information content (AvgIpc) is 2.26. The van der Waals surface area contributed by atoms with Crippen molar-refractivity contribution in [3.8, 4) is 5.75 Å². The van der Waals surface area contributed by atoms with Crippen LogP contribution in [0.5, 0.6) is 5.75 Å². The lowest BCUT2D eigenvalue weighted by Gasteiger charge is -2.12. The highest BCUT2D eigenvalue weighted by atomic mass is 16.5. The van der Waals surface area contributed by atoms with Gasteiger partial charge in [-0.05, 0) is 25.0 Å². The van der Waals surface area contributed by atoms with Gasteiger partial charge in [0.1, 0.15) is 12.4 Å². The van der Waals surface area contributed by atoms with Gasteiger partial charge in [0.05, 0.1) is 5.92 Å². The maximum atomic E-state index is 10.6. The van der Waals surface area contributed by atoms with Crippen LogP contribution in [0.2, 0.25) is 0 Å². The van der Waals surface area contributed by atoms with E-state index in [-0.39, 0.29) is 6.61 Å². The standard InChI is InChI=1S/C12H16O3/c1-3-10-6-4-5-7-11(10)15-8-9(2)12(13)14/h4-7,9H,3,8H2,1-2H3,(H,13,14). The van der Waals surface area contributed by atoms with E-state index >= 15 is 0 Å². The van der Waals surface area contributed by atoms with Crippen LogP contribution in [0.15, 0.2) is 24.3 Å². The fraction of sp³-hybridized carbons (Fsp3) is 0.417. The van der Waals surface area contributed by atoms with Crippen LogP contribution in [0, 0.1) is 5.92 Å². The fourth-order valence-electron chi connectivity index (χ4n) is 1.22. The Balaban J connectivity index is 2.60. The number of carboxylic acid groups (broad SMARTS) is 1. The molecule has 0 saturated heterocycles. The van der Waals surface area contributed by atoms with Gasteiger partial charge in [-0.2, -0.15) is 0 Å². The Bertz CT molecular complexity index is 333. The van der Waals surface area contributed by atoms with E-state index in [0.717, 1.165) is 17.7 Å². The molecule has 1 rings (SSSR count). The molecule has 0 aromatic heterocycles. The minimum Gasteiger partial charge on any atom is -0.492 e. The van der Waals surface area contributed by atoms with Crippen molar-refractivity contribution in [3.05, 3.63) is 29.8 Å². The summed E-state index contributed by atoms with van der Waals surface area (Å²) in [6.07, 6.45) is 0.887. The zero-order valence-corrected chi connectivity index (χ0v) is 9.06. The highest BCUT2D eigenvalue weighted by Crippen LogP contribution is 2.18. The molecule has 0 saturated carbocycles. The van der Waals surface area contributed by atoms with Crippen molar-refractivity contribution >= 4 is 5.97 Å². The summed E-state index contributed by atoms with van der Waals surface area (Å²) in [6, 6.07) is 7.69. The van der Waals surface area contributed by atoms with E-state index < -0.39 is 11.9 Å². The van der Waals surface area contributed by atoms with E-state index in [1.807, 2.05) is 31.2 Å². The summed E-state index contributed by atoms with van der Waals surface area (Å²) in [6.45, 7) is 3.89. The van der Waals surface area contributed by atoms with Gasteiger partial charge in [-0.3, -0.25) is 4.79 Å². The van der Waals surface area contributed by atoms with Crippen molar-refractivity contribution in [2.24, 2.45) is 5.92 Å². The molecule has 0 aliphatic heterocycles. The van der Waals surface area contributed by atoms with Crippen LogP contribution >= 0.6 is 0 Å². The molecule has 1 atom stereocenters. The molecule has 0 aliphatic rings. The van der Waals surface area contributed by atoms with Crippen molar-refractivity contribution in [1.82, 2.24) is 0 Å². The number of carbonyl (C=O) groups is 1. The molecule has 15 heavy (non-hydrogen) atoms. The lowest BCUT2D eigenvalue weighted by Crippen LogP contribution is -2.18. The van der Waals surface area contributed by atoms with Crippen molar-refractivity contribution < 1.29 is 14.6 Å². The number of hydrogen-bond acceptors (Lipinski definition) is 2. The molecule has 1 aromatic rings. The molecule has 0 aliphatic carbocycles. The van der Waals surface area contributed by atoms with E-state index in [0.29, 0.717) is 0 Å². The number of ether oxygens (including phenoxy) is 1. The molecule has 0 amide bonds. The van der Waals surface area contributed by atoms with Crippen LogP contribution in [-0.4, -0.2) is 17.7 Å². The lowest BCUT2D eigenvalue weighted by molar-refractivity contribution is -0.142. The first-order chi connectivity index (χ1) is 7.15. The number of benzene rings is 1. The Morgan fingerprint density at radius 3 is 2.73 bits per heavy atom. The second kappa shape index (κ2) is 5.39. The molecular weight excluding hydrogens is 192 g/mol. The molecule has 82 valence electrons. The summed E-state index contributed by atoms with van der Waals surface area (Å²) in [5, 5.41) is 8.71. The third kappa shape index (κ3) is 3.27. The van der Waals surface area contributed by atoms with Gasteiger partial charge in [0.2, 0.25) is 0 Å². The molecule has 1 N–H and O–H groups in total. The third-order valence-corrected chi connectivity index (χ3v) is 2.26. The van der Waals surface area contributed by atoms with Crippen LogP contribution in [0.3, 0.4) is 0 Å². The molecule has 0 spiro atoms. The van der Waals surface area contributed by atoms with Crippen LogP contribution in [0.4, 0.5) is 0 Å². The summed E-state index contributed by atoms with van der Waals surface area (Å²) in [4.78, 5) is 10.6. The number of para-hydroxylation sites is 1. The maximum Gasteiger partial charge on any atom is 0.309 e. The van der Waals surface area contributed by atoms with Crippen molar-refractivity contribution in [1.29, 1.82) is 0 Å². The first-order valence-corrected chi connectivity index (χ1v) is 5.08. The highest BCUT2D eigenvalue weighted by Gasteiger charge is 2.12. The van der Waals surface area contributed by atoms with Crippen molar-refractivity contribution in [3.63, 3.8) is 0 Å². The first-order valence-electron chi connectivity index (χ1n) is 5.08. The summed E-state index contributed by atoms with van der Waals surface area (Å²) in [5.41, 5.74) is 1.11. The zero-order chi connectivity index (χ0) is 11.3. The van der Waals surface area contributed by atoms with Gasteiger partial charge in [0.25, 0.3) is 0 Å². The van der Waals surface area contributed by atoms with Crippen molar-refractivity contribution in [2.45, 2.75) is 20.3 Å². The molecule has 0 fully saturated rings. The van der Waals surface area contributed by atoms with Gasteiger partial charge >= 0.3 is 5.97 Å². The first kappa shape index (κ1) is 11.6. The van der Waals surface area contributed by atoms with Gasteiger partial charge < -0.3 is 9.84 Å². The fourth-order valence-corrected chi connectivity index (χ4v) is 1.22. The Morgan fingerprint density at radius 1 is 1.47 bits per heavy atom. The van der Waals surface area contributed by atoms with Crippen molar-refractivity contribution in [2.75, 3.05) is 6.61 Å². The molecule has 3 heteroatoms. The molecule has 0 radical (unpaired) electrons. The minimum atomic E-state index is -0.830. The van der Waals surface area contributed by atoms with Gasteiger partial charge in [0.15, 0.2) is 0 Å². The lowest BCUT2D eigenvalue weighted by atomic mass is 10.1. The van der Waals surface area contributed by atoms with Gasteiger partial charge in [-0.15, -0.1) is 0 Å². The Labute approximate surface area is 89.7 Å². The summed E-state index contributed by atoms with van der Waals surface area (Å²) in [7, 11) is 0. The average molecular weight is 208 g/mol. The van der Waals surface area contributed by atoms with Crippen LogP contribution < -0.4 is 4.74 Å². The highest BCUT2D eigenvalue weighted by molar-refractivity contribution is 5.69. The molecule has 1 unspecified atom stereocenters. The van der Waals surface area contributed by atoms with E-state index in [4.69, 9.17) is 9.84 Å². The molecule has 0 bridgehead atoms. The molecular formula is C12H16O3. The Kier molecular flexibility index (Phi) is 4.16. The Morgan fingerprint density at radius 2 is 2.13 bits per heavy atom. The molecule has 1 aromatic carbocycles. The quantitative estimate of drug-likeness (QED) is 0.807. The number of aliphatic carboxylic acids is 1. The van der Waals surface area contributed by atoms with E-state index in [1.165, 1.54) is 0 Å². The van der Waals surface area contributed by atoms with E-state index in [1.54, 1.807) is 6.92 Å². The van der Waals surface area contributed by atoms with E-state index in [9.17, 15) is 4.79 Å². The van der Waals surface area contributed by atoms with Gasteiger partial charge in [0, 0.05) is 0 Å². The number of hydrogen-bond donors (Lipinski definition) is 1. The third-order valence-electron chi connectivity index (χ3n) is 2.26. The SMILES string of the molecule is CCc1ccccc1OCC(C)C(=O)O. The van der Waals surface area contributed by atoms with Crippen LogP contribution in [0.25, 0.3) is 0 Å². The molecule has 3 nitrogen and oxygen atoms in total. The molecule has 0 heterocycles. The monoisotopic (exact) mass is 208 g/mol. The smallest absolute Gasteiger partial charge is 0.309 e. The summed E-state index contributed by atoms with van der Waals surface area (Å²) in [5.74, 6) is -0.521. The summed E-state index contributed by atoms with van der Waals surface area (Å²) < 4.78 is 5.47. The van der Waals surface area contributed by atoms with E-state index in [2.05, 4.69) is 0 Å². The van der Waals surface area contributed by atoms with Crippen LogP contribution in [0.1, 0.15) is 19.4 Å². The minimum absolute atomic E-state index is 0.215. The second-order valence-electron chi connectivity index (χ2n) is 3.51. The predicted molar refractivity (Wildman–Crippen MR) is 58.1 cm³/mol. The largest absolute Gasteiger partial charge is 0.492 e. The number of aryl methyl sites for hydroxylation is 1. The Hall–Kier alpha value is -1.51. The number of carboxylic acids is 1. The second-order valence-corrected chi connectivity index (χ2v) is 3.51. The zero-order valence-electron chi connectivity index (χ0n) is 9.06. The number of rotatable bonds is 5. The van der Waals surface area contributed by atoms with Gasteiger partial charge in [-0.25, -0.2) is 0 Å².